The lowest BCUT2D eigenvalue weighted by molar-refractivity contribution is -0.141. The summed E-state index contributed by atoms with van der Waals surface area (Å²) in [5.74, 6) is -1.19. The molecule has 0 aliphatic heterocycles. The number of pyridine rings is 1. The van der Waals surface area contributed by atoms with Crippen molar-refractivity contribution in [3.63, 3.8) is 0 Å². The lowest BCUT2D eigenvalue weighted by Crippen LogP contribution is -2.18. The summed E-state index contributed by atoms with van der Waals surface area (Å²) in [5, 5.41) is 9.43. The molecule has 1 rings (SSSR count). The quantitative estimate of drug-likeness (QED) is 0.745. The van der Waals surface area contributed by atoms with Crippen LogP contribution < -0.4 is 5.73 Å². The van der Waals surface area contributed by atoms with E-state index in [1.54, 1.807) is 18.3 Å². The summed E-state index contributed by atoms with van der Waals surface area (Å²) >= 11 is 5.73. The van der Waals surface area contributed by atoms with E-state index in [2.05, 4.69) is 4.98 Å². The maximum Gasteiger partial charge on any atom is 0.306 e. The van der Waals surface area contributed by atoms with Crippen LogP contribution in [0, 0.1) is 5.92 Å². The van der Waals surface area contributed by atoms with Crippen LogP contribution in [0.4, 0.5) is 0 Å². The fraction of sp³-hybridized carbons (Fsp3) is 0.455. The number of carbonyl (C=O) groups is 1. The van der Waals surface area contributed by atoms with Crippen molar-refractivity contribution in [2.24, 2.45) is 11.7 Å². The van der Waals surface area contributed by atoms with Gasteiger partial charge >= 0.3 is 5.97 Å². The molecular formula is C11H15ClN2O2. The molecule has 0 amide bonds. The molecule has 5 heteroatoms. The van der Waals surface area contributed by atoms with Crippen molar-refractivity contribution in [1.29, 1.82) is 0 Å². The Bertz CT molecular complexity index is 358. The third-order valence-corrected chi connectivity index (χ3v) is 2.59. The van der Waals surface area contributed by atoms with Crippen LogP contribution in [-0.2, 0) is 11.2 Å². The van der Waals surface area contributed by atoms with Crippen LogP contribution >= 0.6 is 11.6 Å². The van der Waals surface area contributed by atoms with Gasteiger partial charge in [-0.1, -0.05) is 11.6 Å². The highest BCUT2D eigenvalue weighted by Gasteiger charge is 2.17. The number of carboxylic acid groups (broad SMARTS) is 1. The molecule has 0 saturated carbocycles. The average molecular weight is 243 g/mol. The molecule has 0 spiro atoms. The normalized spacial score (nSPS) is 12.4. The zero-order valence-corrected chi connectivity index (χ0v) is 9.65. The first-order chi connectivity index (χ1) is 7.63. The van der Waals surface area contributed by atoms with E-state index in [0.717, 1.165) is 12.0 Å². The third-order valence-electron chi connectivity index (χ3n) is 2.38. The Morgan fingerprint density at radius 2 is 2.38 bits per heavy atom. The lowest BCUT2D eigenvalue weighted by Gasteiger charge is -2.11. The second-order valence-corrected chi connectivity index (χ2v) is 4.04. The number of carboxylic acids is 1. The third kappa shape index (κ3) is 4.16. The molecule has 4 nitrogen and oxygen atoms in total. The molecule has 0 aliphatic rings. The molecule has 0 saturated heterocycles. The van der Waals surface area contributed by atoms with Crippen molar-refractivity contribution in [3.05, 3.63) is 29.0 Å². The SMILES string of the molecule is NCCCC(Cc1ccnc(Cl)c1)C(=O)O. The molecule has 1 heterocycles. The molecule has 3 N–H and O–H groups in total. The van der Waals surface area contributed by atoms with Crippen LogP contribution in [0.2, 0.25) is 5.15 Å². The molecule has 0 aliphatic carbocycles. The summed E-state index contributed by atoms with van der Waals surface area (Å²) in [4.78, 5) is 14.9. The van der Waals surface area contributed by atoms with Gasteiger partial charge in [0.2, 0.25) is 0 Å². The van der Waals surface area contributed by atoms with Gasteiger partial charge in [0.25, 0.3) is 0 Å². The first-order valence-corrected chi connectivity index (χ1v) is 5.54. The van der Waals surface area contributed by atoms with Crippen molar-refractivity contribution >= 4 is 17.6 Å². The van der Waals surface area contributed by atoms with E-state index in [9.17, 15) is 4.79 Å². The van der Waals surface area contributed by atoms with E-state index in [1.807, 2.05) is 0 Å². The minimum atomic E-state index is -0.790. The fourth-order valence-corrected chi connectivity index (χ4v) is 1.73. The van der Waals surface area contributed by atoms with E-state index in [1.165, 1.54) is 0 Å². The van der Waals surface area contributed by atoms with Gasteiger partial charge in [0, 0.05) is 6.20 Å². The van der Waals surface area contributed by atoms with Crippen LogP contribution in [-0.4, -0.2) is 22.6 Å². The summed E-state index contributed by atoms with van der Waals surface area (Å²) in [6.07, 6.45) is 3.36. The van der Waals surface area contributed by atoms with Crippen molar-refractivity contribution in [2.75, 3.05) is 6.54 Å². The predicted molar refractivity (Wildman–Crippen MR) is 62.4 cm³/mol. The first-order valence-electron chi connectivity index (χ1n) is 5.16. The Balaban J connectivity index is 2.64. The molecule has 1 unspecified atom stereocenters. The van der Waals surface area contributed by atoms with Crippen molar-refractivity contribution in [2.45, 2.75) is 19.3 Å². The number of aliphatic carboxylic acids is 1. The monoisotopic (exact) mass is 242 g/mol. The van der Waals surface area contributed by atoms with Crippen LogP contribution in [0.25, 0.3) is 0 Å². The fourth-order valence-electron chi connectivity index (χ4n) is 1.53. The molecule has 16 heavy (non-hydrogen) atoms. The highest BCUT2D eigenvalue weighted by Crippen LogP contribution is 2.16. The molecule has 0 aromatic carbocycles. The van der Waals surface area contributed by atoms with Gasteiger partial charge in [-0.15, -0.1) is 0 Å². The van der Waals surface area contributed by atoms with Gasteiger partial charge in [-0.2, -0.15) is 0 Å². The van der Waals surface area contributed by atoms with Gasteiger partial charge < -0.3 is 10.8 Å². The van der Waals surface area contributed by atoms with E-state index in [4.69, 9.17) is 22.4 Å². The van der Waals surface area contributed by atoms with E-state index < -0.39 is 11.9 Å². The smallest absolute Gasteiger partial charge is 0.306 e. The van der Waals surface area contributed by atoms with Crippen LogP contribution in [0.3, 0.4) is 0 Å². The summed E-state index contributed by atoms with van der Waals surface area (Å²) < 4.78 is 0. The van der Waals surface area contributed by atoms with Crippen LogP contribution in [0.5, 0.6) is 0 Å². The second kappa shape index (κ2) is 6.45. The van der Waals surface area contributed by atoms with Crippen LogP contribution in [0.1, 0.15) is 18.4 Å². The number of halogens is 1. The molecule has 1 atom stereocenters. The molecule has 0 bridgehead atoms. The van der Waals surface area contributed by atoms with E-state index in [0.29, 0.717) is 24.5 Å². The van der Waals surface area contributed by atoms with Gasteiger partial charge in [0.05, 0.1) is 5.92 Å². The molecule has 0 fully saturated rings. The summed E-state index contributed by atoms with van der Waals surface area (Å²) in [5.41, 5.74) is 6.26. The van der Waals surface area contributed by atoms with Gasteiger partial charge in [0.15, 0.2) is 0 Å². The Kier molecular flexibility index (Phi) is 5.22. The topological polar surface area (TPSA) is 76.2 Å². The first kappa shape index (κ1) is 12.9. The number of hydrogen-bond donors (Lipinski definition) is 2. The largest absolute Gasteiger partial charge is 0.481 e. The van der Waals surface area contributed by atoms with Crippen molar-refractivity contribution in [3.8, 4) is 0 Å². The van der Waals surface area contributed by atoms with Gasteiger partial charge in [0.1, 0.15) is 5.15 Å². The Hall–Kier alpha value is -1.13. The minimum Gasteiger partial charge on any atom is -0.481 e. The summed E-state index contributed by atoms with van der Waals surface area (Å²) in [6, 6.07) is 3.48. The standard InChI is InChI=1S/C11H15ClN2O2/c12-10-7-8(3-5-14-10)6-9(11(15)16)2-1-4-13/h3,5,7,9H,1-2,4,6,13H2,(H,15,16). The highest BCUT2D eigenvalue weighted by molar-refractivity contribution is 6.29. The molecule has 1 aromatic rings. The minimum absolute atomic E-state index is 0.389. The Morgan fingerprint density at radius 3 is 2.94 bits per heavy atom. The maximum atomic E-state index is 11.0. The van der Waals surface area contributed by atoms with Gasteiger partial charge in [-0.25, -0.2) is 4.98 Å². The number of rotatable bonds is 6. The van der Waals surface area contributed by atoms with Gasteiger partial charge in [-0.3, -0.25) is 4.79 Å². The summed E-state index contributed by atoms with van der Waals surface area (Å²) in [6.45, 7) is 0.515. The van der Waals surface area contributed by atoms with Crippen molar-refractivity contribution < 1.29 is 9.90 Å². The van der Waals surface area contributed by atoms with Gasteiger partial charge in [-0.05, 0) is 43.5 Å². The number of hydrogen-bond acceptors (Lipinski definition) is 3. The Labute approximate surface area is 99.4 Å². The number of nitrogens with two attached hydrogens (primary N) is 1. The predicted octanol–water partition coefficient (Wildman–Crippen LogP) is 1.72. The molecule has 0 radical (unpaired) electrons. The molecular weight excluding hydrogens is 228 g/mol. The number of aromatic nitrogens is 1. The van der Waals surface area contributed by atoms with Crippen LogP contribution in [0.15, 0.2) is 18.3 Å². The second-order valence-electron chi connectivity index (χ2n) is 3.66. The van der Waals surface area contributed by atoms with E-state index >= 15 is 0 Å². The maximum absolute atomic E-state index is 11.0. The average Bonchev–Trinajstić information content (AvgIpc) is 2.24. The number of nitrogens with zero attached hydrogens (tertiary/aromatic N) is 1. The molecule has 88 valence electrons. The zero-order chi connectivity index (χ0) is 12.0. The lowest BCUT2D eigenvalue weighted by atomic mass is 9.95. The zero-order valence-electron chi connectivity index (χ0n) is 8.90. The Morgan fingerprint density at radius 1 is 1.62 bits per heavy atom. The van der Waals surface area contributed by atoms with Crippen molar-refractivity contribution in [1.82, 2.24) is 4.98 Å². The highest BCUT2D eigenvalue weighted by atomic mass is 35.5. The molecule has 1 aromatic heterocycles. The summed E-state index contributed by atoms with van der Waals surface area (Å²) in [7, 11) is 0. The van der Waals surface area contributed by atoms with E-state index in [-0.39, 0.29) is 0 Å².